The number of aromatic nitrogens is 1. The highest BCUT2D eigenvalue weighted by atomic mass is 16.6. The van der Waals surface area contributed by atoms with Crippen molar-refractivity contribution in [2.75, 3.05) is 64.9 Å². The van der Waals surface area contributed by atoms with E-state index in [0.29, 0.717) is 6.54 Å². The summed E-state index contributed by atoms with van der Waals surface area (Å²) in [6.07, 6.45) is -0.582. The normalized spacial score (nSPS) is 14.1. The molecule has 3 rings (SSSR count). The molecule has 1 fully saturated rings. The van der Waals surface area contributed by atoms with Crippen LogP contribution in [-0.2, 0) is 9.53 Å². The summed E-state index contributed by atoms with van der Waals surface area (Å²) in [5.41, 5.74) is 1.98. The lowest BCUT2D eigenvalue weighted by Gasteiger charge is -2.35. The Kier molecular flexibility index (Phi) is 8.05. The SMILES string of the molecule is CNC(=O)COC(=O)NCCN1CCN(c2cccc(-c3ccc(OC)cc3)n2)CC1. The standard InChI is InChI=1S/C22H29N5O4/c1-23-21(28)16-31-22(29)24-10-11-26-12-14-27(15-13-26)20-5-3-4-19(25-20)17-6-8-18(30-2)9-7-17/h3-9H,10-16H2,1-2H3,(H,23,28)(H,24,29). The zero-order chi connectivity index (χ0) is 22.1. The monoisotopic (exact) mass is 427 g/mol. The molecule has 166 valence electrons. The van der Waals surface area contributed by atoms with Crippen LogP contribution in [0, 0.1) is 0 Å². The van der Waals surface area contributed by atoms with Gasteiger partial charge in [0.15, 0.2) is 6.61 Å². The number of hydrogen-bond acceptors (Lipinski definition) is 7. The van der Waals surface area contributed by atoms with Crippen LogP contribution >= 0.6 is 0 Å². The summed E-state index contributed by atoms with van der Waals surface area (Å²) >= 11 is 0. The molecule has 0 spiro atoms. The molecule has 2 N–H and O–H groups in total. The van der Waals surface area contributed by atoms with Crippen LogP contribution in [0.25, 0.3) is 11.3 Å². The Morgan fingerprint density at radius 1 is 1.06 bits per heavy atom. The average Bonchev–Trinajstić information content (AvgIpc) is 2.83. The van der Waals surface area contributed by atoms with Gasteiger partial charge in [-0.1, -0.05) is 6.07 Å². The van der Waals surface area contributed by atoms with Gasteiger partial charge in [-0.05, 0) is 36.4 Å². The van der Waals surface area contributed by atoms with Gasteiger partial charge in [-0.25, -0.2) is 9.78 Å². The fourth-order valence-corrected chi connectivity index (χ4v) is 3.29. The number of piperazine rings is 1. The Morgan fingerprint density at radius 3 is 2.48 bits per heavy atom. The summed E-state index contributed by atoms with van der Waals surface area (Å²) in [7, 11) is 3.15. The van der Waals surface area contributed by atoms with Crippen LogP contribution in [0.2, 0.25) is 0 Å². The van der Waals surface area contributed by atoms with E-state index in [1.54, 1.807) is 7.11 Å². The first-order chi connectivity index (χ1) is 15.1. The highest BCUT2D eigenvalue weighted by molar-refractivity contribution is 5.79. The van der Waals surface area contributed by atoms with Gasteiger partial charge in [0.1, 0.15) is 11.6 Å². The predicted octanol–water partition coefficient (Wildman–Crippen LogP) is 1.35. The zero-order valence-electron chi connectivity index (χ0n) is 18.0. The van der Waals surface area contributed by atoms with E-state index in [1.807, 2.05) is 42.5 Å². The fourth-order valence-electron chi connectivity index (χ4n) is 3.29. The molecule has 1 aliphatic rings. The van der Waals surface area contributed by atoms with Crippen molar-refractivity contribution < 1.29 is 19.1 Å². The van der Waals surface area contributed by atoms with Crippen LogP contribution in [0.4, 0.5) is 10.6 Å². The molecule has 1 aromatic carbocycles. The Hall–Kier alpha value is -3.33. The molecule has 2 amide bonds. The number of carbonyl (C=O) groups is 2. The Balaban J connectivity index is 1.44. The van der Waals surface area contributed by atoms with Gasteiger partial charge in [-0.2, -0.15) is 0 Å². The summed E-state index contributed by atoms with van der Waals surface area (Å²) < 4.78 is 10.0. The molecule has 9 heteroatoms. The average molecular weight is 428 g/mol. The number of hydrogen-bond donors (Lipinski definition) is 2. The maximum atomic E-state index is 11.6. The number of likely N-dealkylation sites (N-methyl/N-ethyl adjacent to an activating group) is 1. The van der Waals surface area contributed by atoms with Crippen LogP contribution in [0.15, 0.2) is 42.5 Å². The minimum absolute atomic E-state index is 0.274. The number of carbonyl (C=O) groups excluding carboxylic acids is 2. The number of alkyl carbamates (subject to hydrolysis) is 1. The van der Waals surface area contributed by atoms with E-state index in [0.717, 1.165) is 55.5 Å². The number of ether oxygens (including phenoxy) is 2. The van der Waals surface area contributed by atoms with Crippen molar-refractivity contribution in [2.45, 2.75) is 0 Å². The number of rotatable bonds is 8. The third-order valence-corrected chi connectivity index (χ3v) is 5.13. The van der Waals surface area contributed by atoms with Crippen LogP contribution < -0.4 is 20.3 Å². The molecule has 0 atom stereocenters. The fraction of sp³-hybridized carbons (Fsp3) is 0.409. The van der Waals surface area contributed by atoms with Gasteiger partial charge in [0, 0.05) is 51.9 Å². The Morgan fingerprint density at radius 2 is 1.81 bits per heavy atom. The first-order valence-corrected chi connectivity index (χ1v) is 10.3. The molecular weight excluding hydrogens is 398 g/mol. The maximum Gasteiger partial charge on any atom is 0.407 e. The van der Waals surface area contributed by atoms with Crippen molar-refractivity contribution in [3.05, 3.63) is 42.5 Å². The number of benzene rings is 1. The summed E-state index contributed by atoms with van der Waals surface area (Å²) in [6, 6.07) is 14.0. The molecule has 0 bridgehead atoms. The summed E-state index contributed by atoms with van der Waals surface area (Å²) in [5, 5.41) is 5.06. The quantitative estimate of drug-likeness (QED) is 0.657. The van der Waals surface area contributed by atoms with Crippen LogP contribution in [0.3, 0.4) is 0 Å². The van der Waals surface area contributed by atoms with Crippen molar-refractivity contribution in [1.29, 1.82) is 0 Å². The smallest absolute Gasteiger partial charge is 0.407 e. The predicted molar refractivity (Wildman–Crippen MR) is 118 cm³/mol. The second kappa shape index (κ2) is 11.2. The minimum Gasteiger partial charge on any atom is -0.497 e. The van der Waals surface area contributed by atoms with Crippen LogP contribution in [0.1, 0.15) is 0 Å². The zero-order valence-corrected chi connectivity index (χ0v) is 18.0. The molecule has 1 aliphatic heterocycles. The Bertz CT molecular complexity index is 866. The molecule has 1 saturated heterocycles. The number of methoxy groups -OCH3 is 1. The number of amides is 2. The van der Waals surface area contributed by atoms with E-state index >= 15 is 0 Å². The second-order valence-electron chi connectivity index (χ2n) is 7.11. The highest BCUT2D eigenvalue weighted by Crippen LogP contribution is 2.23. The lowest BCUT2D eigenvalue weighted by Crippen LogP contribution is -2.48. The topological polar surface area (TPSA) is 96.0 Å². The molecule has 0 aliphatic carbocycles. The third-order valence-electron chi connectivity index (χ3n) is 5.13. The lowest BCUT2D eigenvalue weighted by molar-refractivity contribution is -0.123. The molecule has 2 heterocycles. The molecule has 31 heavy (non-hydrogen) atoms. The first kappa shape index (κ1) is 22.4. The summed E-state index contributed by atoms with van der Waals surface area (Å²) in [4.78, 5) is 32.0. The largest absolute Gasteiger partial charge is 0.497 e. The number of nitrogens with one attached hydrogen (secondary N) is 2. The molecular formula is C22H29N5O4. The van der Waals surface area contributed by atoms with Crippen molar-refractivity contribution in [1.82, 2.24) is 20.5 Å². The van der Waals surface area contributed by atoms with E-state index < -0.39 is 6.09 Å². The molecule has 2 aromatic rings. The van der Waals surface area contributed by atoms with E-state index in [-0.39, 0.29) is 12.5 Å². The van der Waals surface area contributed by atoms with Gasteiger partial charge in [-0.3, -0.25) is 9.69 Å². The number of nitrogens with zero attached hydrogens (tertiary/aromatic N) is 3. The van der Waals surface area contributed by atoms with Crippen LogP contribution in [0.5, 0.6) is 5.75 Å². The van der Waals surface area contributed by atoms with Gasteiger partial charge in [-0.15, -0.1) is 0 Å². The second-order valence-corrected chi connectivity index (χ2v) is 7.11. The number of anilines is 1. The first-order valence-electron chi connectivity index (χ1n) is 10.3. The van der Waals surface area contributed by atoms with E-state index in [9.17, 15) is 9.59 Å². The van der Waals surface area contributed by atoms with E-state index in [2.05, 4.69) is 20.4 Å². The molecule has 0 saturated carbocycles. The molecule has 9 nitrogen and oxygen atoms in total. The van der Waals surface area contributed by atoms with Gasteiger partial charge in [0.25, 0.3) is 5.91 Å². The summed E-state index contributed by atoms with van der Waals surface area (Å²) in [6.45, 7) is 4.40. The Labute approximate surface area is 182 Å². The van der Waals surface area contributed by atoms with Crippen LogP contribution in [-0.4, -0.2) is 81.9 Å². The molecule has 1 aromatic heterocycles. The maximum absolute atomic E-state index is 11.6. The van der Waals surface area contributed by atoms with Gasteiger partial charge in [0.2, 0.25) is 0 Å². The van der Waals surface area contributed by atoms with E-state index in [4.69, 9.17) is 14.5 Å². The van der Waals surface area contributed by atoms with Gasteiger partial charge >= 0.3 is 6.09 Å². The van der Waals surface area contributed by atoms with Crippen molar-refractivity contribution in [3.63, 3.8) is 0 Å². The third kappa shape index (κ3) is 6.58. The minimum atomic E-state index is -0.582. The lowest BCUT2D eigenvalue weighted by atomic mass is 10.1. The van der Waals surface area contributed by atoms with Crippen molar-refractivity contribution in [3.8, 4) is 17.0 Å². The van der Waals surface area contributed by atoms with Crippen molar-refractivity contribution >= 4 is 17.8 Å². The van der Waals surface area contributed by atoms with Crippen molar-refractivity contribution in [2.24, 2.45) is 0 Å². The van der Waals surface area contributed by atoms with Gasteiger partial charge < -0.3 is 25.0 Å². The van der Waals surface area contributed by atoms with Gasteiger partial charge in [0.05, 0.1) is 12.8 Å². The summed E-state index contributed by atoms with van der Waals surface area (Å²) in [5.74, 6) is 1.45. The van der Waals surface area contributed by atoms with E-state index in [1.165, 1.54) is 7.05 Å². The molecule has 0 unspecified atom stereocenters. The molecule has 0 radical (unpaired) electrons. The number of pyridine rings is 1. The highest BCUT2D eigenvalue weighted by Gasteiger charge is 2.18.